The van der Waals surface area contributed by atoms with Crippen LogP contribution < -0.4 is 10.6 Å². The predicted octanol–water partition coefficient (Wildman–Crippen LogP) is 3.17. The molecular weight excluding hydrogens is 470 g/mol. The van der Waals surface area contributed by atoms with Gasteiger partial charge in [-0.05, 0) is 52.2 Å². The van der Waals surface area contributed by atoms with Crippen LogP contribution >= 0.6 is 12.6 Å². The highest BCUT2D eigenvalue weighted by molar-refractivity contribution is 7.80. The number of carbonyl (C=O) groups excluding carboxylic acids is 4. The summed E-state index contributed by atoms with van der Waals surface area (Å²) in [4.78, 5) is 52.5. The van der Waals surface area contributed by atoms with Gasteiger partial charge in [0.15, 0.2) is 0 Å². The van der Waals surface area contributed by atoms with Crippen molar-refractivity contribution in [1.29, 1.82) is 0 Å². The molecule has 0 aromatic heterocycles. The van der Waals surface area contributed by atoms with E-state index in [4.69, 9.17) is 9.47 Å². The van der Waals surface area contributed by atoms with Crippen molar-refractivity contribution in [3.63, 3.8) is 0 Å². The number of rotatable bonds is 12. The van der Waals surface area contributed by atoms with Crippen molar-refractivity contribution < 1.29 is 28.7 Å². The second-order valence-corrected chi connectivity index (χ2v) is 9.38. The van der Waals surface area contributed by atoms with E-state index in [0.29, 0.717) is 12.0 Å². The number of nitrogens with zero attached hydrogens (tertiary/aromatic N) is 1. The van der Waals surface area contributed by atoms with E-state index in [0.717, 1.165) is 5.56 Å². The first-order valence-electron chi connectivity index (χ1n) is 11.8. The van der Waals surface area contributed by atoms with E-state index in [2.05, 4.69) is 23.3 Å². The number of ether oxygens (including phenoxy) is 2. The summed E-state index contributed by atoms with van der Waals surface area (Å²) in [5, 5.41) is 5.33. The number of amides is 3. The van der Waals surface area contributed by atoms with Gasteiger partial charge < -0.3 is 25.0 Å². The first kappa shape index (κ1) is 30.3. The van der Waals surface area contributed by atoms with Gasteiger partial charge in [0.25, 0.3) is 0 Å². The first-order valence-corrected chi connectivity index (χ1v) is 12.5. The van der Waals surface area contributed by atoms with Gasteiger partial charge in [-0.3, -0.25) is 14.4 Å². The number of hydrogen-bond acceptors (Lipinski definition) is 7. The Morgan fingerprint density at radius 3 is 2.31 bits per heavy atom. The van der Waals surface area contributed by atoms with Crippen LogP contribution in [0.3, 0.4) is 0 Å². The van der Waals surface area contributed by atoms with E-state index in [-0.39, 0.29) is 31.9 Å². The molecule has 196 valence electrons. The highest BCUT2D eigenvalue weighted by atomic mass is 32.1. The highest BCUT2D eigenvalue weighted by Gasteiger charge is 2.36. The molecule has 0 aliphatic rings. The minimum absolute atomic E-state index is 0.0151. The molecule has 10 heteroatoms. The van der Waals surface area contributed by atoms with Crippen LogP contribution in [0.15, 0.2) is 24.3 Å². The maximum absolute atomic E-state index is 13.6. The molecule has 35 heavy (non-hydrogen) atoms. The molecule has 3 amide bonds. The van der Waals surface area contributed by atoms with E-state index in [1.54, 1.807) is 39.8 Å². The third kappa shape index (κ3) is 10.2. The average molecular weight is 510 g/mol. The molecule has 0 fully saturated rings. The Kier molecular flexibility index (Phi) is 12.6. The highest BCUT2D eigenvalue weighted by Crippen LogP contribution is 2.26. The molecule has 0 spiro atoms. The normalized spacial score (nSPS) is 12.8. The quantitative estimate of drug-likeness (QED) is 0.295. The van der Waals surface area contributed by atoms with Gasteiger partial charge in [0, 0.05) is 18.8 Å². The van der Waals surface area contributed by atoms with Gasteiger partial charge in [-0.2, -0.15) is 12.6 Å². The summed E-state index contributed by atoms with van der Waals surface area (Å²) in [5.74, 6) is -1.29. The van der Waals surface area contributed by atoms with Crippen molar-refractivity contribution in [3.8, 4) is 0 Å². The molecule has 1 aromatic rings. The van der Waals surface area contributed by atoms with Crippen LogP contribution in [0.25, 0.3) is 0 Å². The second kappa shape index (κ2) is 14.6. The SMILES string of the molecule is CCCN(C(=O)C(CS)NC(=O)OC(C)(C)C)C(C(=O)NCCC(=O)OCC)c1ccccc1C. The largest absolute Gasteiger partial charge is 0.466 e. The van der Waals surface area contributed by atoms with Gasteiger partial charge in [0.2, 0.25) is 11.8 Å². The fourth-order valence-corrected chi connectivity index (χ4v) is 3.65. The van der Waals surface area contributed by atoms with E-state index in [1.807, 2.05) is 26.0 Å². The molecule has 0 heterocycles. The molecule has 0 aliphatic carbocycles. The molecule has 0 radical (unpaired) electrons. The van der Waals surface area contributed by atoms with Crippen LogP contribution in [0.5, 0.6) is 0 Å². The maximum atomic E-state index is 13.6. The lowest BCUT2D eigenvalue weighted by Crippen LogP contribution is -2.54. The molecule has 2 unspecified atom stereocenters. The lowest BCUT2D eigenvalue weighted by atomic mass is 9.98. The number of benzene rings is 1. The number of esters is 1. The summed E-state index contributed by atoms with van der Waals surface area (Å²) in [7, 11) is 0. The van der Waals surface area contributed by atoms with Crippen molar-refractivity contribution in [3.05, 3.63) is 35.4 Å². The fraction of sp³-hybridized carbons (Fsp3) is 0.600. The zero-order valence-corrected chi connectivity index (χ0v) is 22.4. The monoisotopic (exact) mass is 509 g/mol. The molecular formula is C25H39N3O6S. The van der Waals surface area contributed by atoms with Crippen molar-refractivity contribution in [2.24, 2.45) is 0 Å². The second-order valence-electron chi connectivity index (χ2n) is 9.02. The molecule has 0 bridgehead atoms. The van der Waals surface area contributed by atoms with Gasteiger partial charge in [-0.15, -0.1) is 0 Å². The number of aryl methyl sites for hydroxylation is 1. The number of carbonyl (C=O) groups is 4. The van der Waals surface area contributed by atoms with E-state index in [1.165, 1.54) is 4.90 Å². The smallest absolute Gasteiger partial charge is 0.408 e. The molecule has 0 saturated heterocycles. The minimum atomic E-state index is -1.00. The Hall–Kier alpha value is -2.75. The van der Waals surface area contributed by atoms with Crippen LogP contribution in [0, 0.1) is 6.92 Å². The van der Waals surface area contributed by atoms with Gasteiger partial charge >= 0.3 is 12.1 Å². The van der Waals surface area contributed by atoms with Crippen LogP contribution in [0.1, 0.15) is 64.6 Å². The van der Waals surface area contributed by atoms with E-state index >= 15 is 0 Å². The standard InChI is InChI=1S/C25H39N3O6S/c1-7-15-28(23(31)19(16-35)27-24(32)34-25(4,5)6)21(18-12-10-9-11-17(18)3)22(30)26-14-13-20(29)33-8-2/h9-12,19,21,35H,7-8,13-16H2,1-6H3,(H,26,30)(H,27,32). The Morgan fingerprint density at radius 2 is 1.77 bits per heavy atom. The van der Waals surface area contributed by atoms with Gasteiger partial charge in [0.1, 0.15) is 17.7 Å². The topological polar surface area (TPSA) is 114 Å². The maximum Gasteiger partial charge on any atom is 0.408 e. The minimum Gasteiger partial charge on any atom is -0.466 e. The lowest BCUT2D eigenvalue weighted by Gasteiger charge is -2.34. The Bertz CT molecular complexity index is 871. The van der Waals surface area contributed by atoms with Crippen LogP contribution in [-0.2, 0) is 23.9 Å². The van der Waals surface area contributed by atoms with Crippen LogP contribution in [0.4, 0.5) is 4.79 Å². The summed E-state index contributed by atoms with van der Waals surface area (Å²) in [6.07, 6.45) is -0.148. The summed E-state index contributed by atoms with van der Waals surface area (Å²) in [6.45, 7) is 11.2. The lowest BCUT2D eigenvalue weighted by molar-refractivity contribution is -0.144. The molecule has 2 atom stereocenters. The van der Waals surface area contributed by atoms with Crippen molar-refractivity contribution >= 4 is 36.5 Å². The molecule has 9 nitrogen and oxygen atoms in total. The average Bonchev–Trinajstić information content (AvgIpc) is 2.76. The van der Waals surface area contributed by atoms with Crippen LogP contribution in [0.2, 0.25) is 0 Å². The number of hydrogen-bond donors (Lipinski definition) is 3. The Morgan fingerprint density at radius 1 is 1.11 bits per heavy atom. The first-order chi connectivity index (χ1) is 16.4. The van der Waals surface area contributed by atoms with Crippen molar-refractivity contribution in [2.75, 3.05) is 25.4 Å². The Labute approximate surface area is 213 Å². The third-order valence-corrected chi connectivity index (χ3v) is 5.26. The number of alkyl carbamates (subject to hydrolysis) is 1. The molecule has 1 rings (SSSR count). The van der Waals surface area contributed by atoms with E-state index < -0.39 is 41.6 Å². The molecule has 2 N–H and O–H groups in total. The summed E-state index contributed by atoms with van der Waals surface area (Å²) in [5.41, 5.74) is 0.743. The number of nitrogens with one attached hydrogen (secondary N) is 2. The summed E-state index contributed by atoms with van der Waals surface area (Å²) < 4.78 is 10.2. The van der Waals surface area contributed by atoms with Gasteiger partial charge in [0.05, 0.1) is 13.0 Å². The molecule has 0 aliphatic heterocycles. The zero-order valence-electron chi connectivity index (χ0n) is 21.6. The van der Waals surface area contributed by atoms with E-state index in [9.17, 15) is 19.2 Å². The number of thiol groups is 1. The van der Waals surface area contributed by atoms with Crippen molar-refractivity contribution in [2.45, 2.75) is 72.1 Å². The molecule has 1 aromatic carbocycles. The summed E-state index contributed by atoms with van der Waals surface area (Å²) >= 11 is 4.26. The summed E-state index contributed by atoms with van der Waals surface area (Å²) in [6, 6.07) is 5.33. The Balaban J connectivity index is 3.24. The predicted molar refractivity (Wildman–Crippen MR) is 137 cm³/mol. The fourth-order valence-electron chi connectivity index (χ4n) is 3.40. The van der Waals surface area contributed by atoms with Crippen molar-refractivity contribution in [1.82, 2.24) is 15.5 Å². The van der Waals surface area contributed by atoms with Crippen LogP contribution in [-0.4, -0.2) is 65.9 Å². The third-order valence-electron chi connectivity index (χ3n) is 4.90. The van der Waals surface area contributed by atoms with Gasteiger partial charge in [-0.25, -0.2) is 4.79 Å². The van der Waals surface area contributed by atoms with Gasteiger partial charge in [-0.1, -0.05) is 31.2 Å². The zero-order chi connectivity index (χ0) is 26.6. The molecule has 0 saturated carbocycles.